The van der Waals surface area contributed by atoms with Crippen molar-refractivity contribution >= 4 is 21.7 Å². The van der Waals surface area contributed by atoms with Crippen LogP contribution in [-0.2, 0) is 0 Å². The van der Waals surface area contributed by atoms with Crippen molar-refractivity contribution < 1.29 is 14.5 Å². The summed E-state index contributed by atoms with van der Waals surface area (Å²) in [5.41, 5.74) is 2.31. The highest BCUT2D eigenvalue weighted by Gasteiger charge is 2.39. The van der Waals surface area contributed by atoms with Crippen LogP contribution in [0.1, 0.15) is 46.7 Å². The van der Waals surface area contributed by atoms with Gasteiger partial charge in [-0.25, -0.2) is 0 Å². The van der Waals surface area contributed by atoms with Crippen LogP contribution in [0.2, 0.25) is 0 Å². The Morgan fingerprint density at radius 3 is 2.03 bits per heavy atom. The molecule has 0 aliphatic rings. The molecule has 0 fully saturated rings. The zero-order valence-corrected chi connectivity index (χ0v) is 19.7. The van der Waals surface area contributed by atoms with Crippen LogP contribution < -0.4 is 4.74 Å². The van der Waals surface area contributed by atoms with Gasteiger partial charge in [0.05, 0.1) is 13.0 Å². The second-order valence-electron chi connectivity index (χ2n) is 7.72. The fourth-order valence-corrected chi connectivity index (χ4v) is 4.55. The third-order valence-electron chi connectivity index (χ3n) is 5.86. The number of Topliss-reactive ketones (excluding diaryl/α,β-unsaturated/α-hetero) is 1. The summed E-state index contributed by atoms with van der Waals surface area (Å²) in [4.78, 5) is 25.2. The summed E-state index contributed by atoms with van der Waals surface area (Å²) in [6, 6.07) is 24.1. The van der Waals surface area contributed by atoms with E-state index in [0.29, 0.717) is 12.0 Å². The monoisotopic (exact) mass is 495 g/mol. The van der Waals surface area contributed by atoms with E-state index in [9.17, 15) is 14.9 Å². The minimum Gasteiger partial charge on any atom is -0.497 e. The molecular weight excluding hydrogens is 470 g/mol. The van der Waals surface area contributed by atoms with Gasteiger partial charge in [0.1, 0.15) is 5.75 Å². The molecule has 0 aromatic heterocycles. The predicted octanol–water partition coefficient (Wildman–Crippen LogP) is 6.51. The maximum Gasteiger partial charge on any atom is 0.211 e. The largest absolute Gasteiger partial charge is 0.497 e. The number of benzene rings is 3. The summed E-state index contributed by atoms with van der Waals surface area (Å²) in [5, 5.41) is 11.7. The third-order valence-corrected chi connectivity index (χ3v) is 6.38. The van der Waals surface area contributed by atoms with Gasteiger partial charge in [0.25, 0.3) is 0 Å². The molecule has 0 saturated heterocycles. The second-order valence-corrected chi connectivity index (χ2v) is 8.63. The van der Waals surface area contributed by atoms with Crippen molar-refractivity contribution in [1.82, 2.24) is 0 Å². The third kappa shape index (κ3) is 5.62. The number of nitrogens with zero attached hydrogens (tertiary/aromatic N) is 1. The lowest BCUT2D eigenvalue weighted by molar-refractivity contribution is -0.484. The molecule has 0 heterocycles. The first-order valence-corrected chi connectivity index (χ1v) is 11.3. The lowest BCUT2D eigenvalue weighted by Crippen LogP contribution is -2.32. The van der Waals surface area contributed by atoms with Crippen molar-refractivity contribution in [2.75, 3.05) is 13.7 Å². The van der Waals surface area contributed by atoms with Gasteiger partial charge in [-0.2, -0.15) is 0 Å². The van der Waals surface area contributed by atoms with E-state index in [4.69, 9.17) is 4.74 Å². The molecule has 3 aromatic rings. The average Bonchev–Trinajstić information content (AvgIpc) is 2.82. The maximum atomic E-state index is 13.8. The Morgan fingerprint density at radius 1 is 0.938 bits per heavy atom. The molecular formula is C26H26BrNO4. The second kappa shape index (κ2) is 11.0. The van der Waals surface area contributed by atoms with E-state index in [0.717, 1.165) is 21.3 Å². The highest BCUT2D eigenvalue weighted by Crippen LogP contribution is 2.41. The topological polar surface area (TPSA) is 69.4 Å². The van der Waals surface area contributed by atoms with Gasteiger partial charge in [0, 0.05) is 20.9 Å². The van der Waals surface area contributed by atoms with E-state index in [-0.39, 0.29) is 23.2 Å². The maximum absolute atomic E-state index is 13.8. The van der Waals surface area contributed by atoms with Crippen molar-refractivity contribution in [3.8, 4) is 5.75 Å². The smallest absolute Gasteiger partial charge is 0.211 e. The molecule has 0 unspecified atom stereocenters. The summed E-state index contributed by atoms with van der Waals surface area (Å²) in [5.74, 6) is -0.713. The van der Waals surface area contributed by atoms with Gasteiger partial charge in [0.2, 0.25) is 6.54 Å². The van der Waals surface area contributed by atoms with Gasteiger partial charge in [-0.3, -0.25) is 14.9 Å². The Balaban J connectivity index is 2.14. The van der Waals surface area contributed by atoms with Crippen LogP contribution >= 0.6 is 15.9 Å². The number of methoxy groups -OCH3 is 1. The van der Waals surface area contributed by atoms with Crippen LogP contribution in [0, 0.1) is 16.0 Å². The first-order chi connectivity index (χ1) is 15.4. The quantitative estimate of drug-likeness (QED) is 0.182. The van der Waals surface area contributed by atoms with Crippen molar-refractivity contribution in [3.05, 3.63) is 110 Å². The van der Waals surface area contributed by atoms with E-state index < -0.39 is 11.8 Å². The average molecular weight is 496 g/mol. The first-order valence-electron chi connectivity index (χ1n) is 10.5. The molecule has 3 aromatic carbocycles. The van der Waals surface area contributed by atoms with Crippen LogP contribution in [0.25, 0.3) is 0 Å². The molecule has 0 amide bonds. The van der Waals surface area contributed by atoms with E-state index in [1.165, 1.54) is 0 Å². The van der Waals surface area contributed by atoms with Gasteiger partial charge >= 0.3 is 0 Å². The van der Waals surface area contributed by atoms with Crippen LogP contribution in [0.5, 0.6) is 5.75 Å². The minimum atomic E-state index is -0.595. The predicted molar refractivity (Wildman–Crippen MR) is 129 cm³/mol. The zero-order chi connectivity index (χ0) is 23.1. The Labute approximate surface area is 196 Å². The van der Waals surface area contributed by atoms with E-state index in [2.05, 4.69) is 15.9 Å². The van der Waals surface area contributed by atoms with E-state index in [1.807, 2.05) is 73.7 Å². The number of carbonyl (C=O) groups is 1. The fourth-order valence-electron chi connectivity index (χ4n) is 4.29. The molecule has 0 N–H and O–H groups in total. The molecule has 3 atom stereocenters. The highest BCUT2D eigenvalue weighted by atomic mass is 79.9. The van der Waals surface area contributed by atoms with Crippen molar-refractivity contribution in [2.45, 2.75) is 25.2 Å². The molecule has 0 radical (unpaired) electrons. The van der Waals surface area contributed by atoms with Crippen LogP contribution in [0.4, 0.5) is 0 Å². The number of carbonyl (C=O) groups excluding carboxylic acids is 1. The fraction of sp³-hybridized carbons (Fsp3) is 0.269. The van der Waals surface area contributed by atoms with Crippen molar-refractivity contribution in [3.63, 3.8) is 0 Å². The molecule has 166 valence electrons. The lowest BCUT2D eigenvalue weighted by atomic mass is 9.70. The summed E-state index contributed by atoms with van der Waals surface area (Å²) in [6.07, 6.45) is 0.667. The Bertz CT molecular complexity index is 1040. The van der Waals surface area contributed by atoms with Crippen molar-refractivity contribution in [1.29, 1.82) is 0 Å². The van der Waals surface area contributed by atoms with Crippen LogP contribution in [0.15, 0.2) is 83.3 Å². The molecule has 0 saturated carbocycles. The molecule has 3 rings (SSSR count). The summed E-state index contributed by atoms with van der Waals surface area (Å²) < 4.78 is 6.16. The SMILES string of the molecule is CC[C@H](c1ccc(OC)cc1)[C@H](C(=O)c1ccccc1)[C@@H](C[N+](=O)[O-])c1ccc(Br)cc1. The van der Waals surface area contributed by atoms with Gasteiger partial charge in [0.15, 0.2) is 5.78 Å². The number of rotatable bonds is 10. The van der Waals surface area contributed by atoms with E-state index >= 15 is 0 Å². The standard InChI is InChI=1S/C26H26BrNO4/c1-3-23(18-11-15-22(32-2)16-12-18)25(26(29)20-7-5-4-6-8-20)24(17-28(30)31)19-9-13-21(27)14-10-19/h4-16,23-25H,3,17H2,1-2H3/t23-,24+,25+/m1/s1. The molecule has 0 spiro atoms. The number of nitro groups is 1. The number of hydrogen-bond acceptors (Lipinski definition) is 4. The summed E-state index contributed by atoms with van der Waals surface area (Å²) >= 11 is 3.43. The van der Waals surface area contributed by atoms with E-state index in [1.54, 1.807) is 19.2 Å². The zero-order valence-electron chi connectivity index (χ0n) is 18.1. The lowest BCUT2D eigenvalue weighted by Gasteiger charge is -2.31. The summed E-state index contributed by atoms with van der Waals surface area (Å²) in [6.45, 7) is 1.70. The minimum absolute atomic E-state index is 0.0805. The molecule has 5 nitrogen and oxygen atoms in total. The molecule has 6 heteroatoms. The van der Waals surface area contributed by atoms with Gasteiger partial charge < -0.3 is 4.74 Å². The molecule has 32 heavy (non-hydrogen) atoms. The van der Waals surface area contributed by atoms with Crippen LogP contribution in [-0.4, -0.2) is 24.4 Å². The molecule has 0 aliphatic heterocycles. The Morgan fingerprint density at radius 2 is 1.50 bits per heavy atom. The van der Waals surface area contributed by atoms with Crippen molar-refractivity contribution in [2.24, 2.45) is 5.92 Å². The highest BCUT2D eigenvalue weighted by molar-refractivity contribution is 9.10. The Kier molecular flexibility index (Phi) is 8.17. The van der Waals surface area contributed by atoms with Gasteiger partial charge in [-0.15, -0.1) is 0 Å². The normalized spacial score (nSPS) is 13.7. The number of ketones is 1. The number of ether oxygens (including phenoxy) is 1. The van der Waals surface area contributed by atoms with Gasteiger partial charge in [-0.1, -0.05) is 77.5 Å². The number of hydrogen-bond donors (Lipinski definition) is 0. The van der Waals surface area contributed by atoms with Crippen LogP contribution in [0.3, 0.4) is 0 Å². The summed E-state index contributed by atoms with van der Waals surface area (Å²) in [7, 11) is 1.61. The molecule has 0 bridgehead atoms. The molecule has 0 aliphatic carbocycles. The first kappa shape index (κ1) is 23.7. The number of halogens is 1. The van der Waals surface area contributed by atoms with Gasteiger partial charge in [-0.05, 0) is 47.7 Å². The Hall–Kier alpha value is -2.99.